The minimum Gasteiger partial charge on any atom is -0.351 e. The van der Waals surface area contributed by atoms with Crippen molar-refractivity contribution < 1.29 is 18.8 Å². The van der Waals surface area contributed by atoms with E-state index >= 15 is 0 Å². The van der Waals surface area contributed by atoms with Gasteiger partial charge >= 0.3 is 6.03 Å². The molecule has 1 aromatic heterocycles. The zero-order valence-corrected chi connectivity index (χ0v) is 16.0. The van der Waals surface area contributed by atoms with E-state index in [4.69, 9.17) is 0 Å². The number of fused-ring (bicyclic) bond motifs is 1. The number of benzene rings is 2. The Balaban J connectivity index is 1.33. The summed E-state index contributed by atoms with van der Waals surface area (Å²) in [6, 6.07) is 14.6. The van der Waals surface area contributed by atoms with Crippen LogP contribution in [0.1, 0.15) is 22.5 Å². The highest BCUT2D eigenvalue weighted by molar-refractivity contribution is 6.08. The number of hydrogen-bond acceptors (Lipinski definition) is 3. The lowest BCUT2D eigenvalue weighted by molar-refractivity contribution is -0.131. The number of nitrogens with one attached hydrogen (secondary N) is 2. The number of aromatic amines is 1. The molecule has 3 aromatic rings. The highest BCUT2D eigenvalue weighted by atomic mass is 19.1. The molecule has 0 unspecified atom stereocenters. The number of para-hydroxylation sites is 1. The Bertz CT molecular complexity index is 1140. The second-order valence-corrected chi connectivity index (χ2v) is 7.78. The summed E-state index contributed by atoms with van der Waals surface area (Å²) in [5.41, 5.74) is 0.860. The van der Waals surface area contributed by atoms with Crippen LogP contribution in [-0.4, -0.2) is 51.3 Å². The van der Waals surface area contributed by atoms with Gasteiger partial charge in [0.2, 0.25) is 0 Å². The molecule has 1 atom stereocenters. The molecular formula is C22H19FN4O3. The van der Waals surface area contributed by atoms with Crippen LogP contribution in [0.3, 0.4) is 0 Å². The number of imide groups is 1. The Kier molecular flexibility index (Phi) is 4.09. The molecule has 0 aliphatic carbocycles. The molecule has 8 heteroatoms. The van der Waals surface area contributed by atoms with Crippen LogP contribution >= 0.6 is 0 Å². The minimum atomic E-state index is -1.11. The summed E-state index contributed by atoms with van der Waals surface area (Å²) >= 11 is 0. The number of likely N-dealkylation sites (tertiary alicyclic amines) is 1. The predicted octanol–water partition coefficient (Wildman–Crippen LogP) is 2.64. The molecular weight excluding hydrogens is 387 g/mol. The number of rotatable bonds is 3. The van der Waals surface area contributed by atoms with E-state index in [9.17, 15) is 18.8 Å². The van der Waals surface area contributed by atoms with Crippen LogP contribution in [0.4, 0.5) is 9.18 Å². The van der Waals surface area contributed by atoms with Crippen molar-refractivity contribution in [1.29, 1.82) is 0 Å². The molecule has 7 nitrogen and oxygen atoms in total. The van der Waals surface area contributed by atoms with Gasteiger partial charge in [0.1, 0.15) is 17.1 Å². The summed E-state index contributed by atoms with van der Waals surface area (Å²) in [4.78, 5) is 44.4. The minimum absolute atomic E-state index is 0.0582. The van der Waals surface area contributed by atoms with Crippen molar-refractivity contribution in [2.24, 2.45) is 0 Å². The molecule has 2 aliphatic heterocycles. The number of H-pyrrole nitrogens is 1. The fourth-order valence-corrected chi connectivity index (χ4v) is 4.21. The van der Waals surface area contributed by atoms with Crippen LogP contribution in [0.15, 0.2) is 54.6 Å². The third kappa shape index (κ3) is 2.92. The first-order valence-electron chi connectivity index (χ1n) is 9.71. The van der Waals surface area contributed by atoms with Gasteiger partial charge in [-0.15, -0.1) is 0 Å². The summed E-state index contributed by atoms with van der Waals surface area (Å²) < 4.78 is 13.1. The van der Waals surface area contributed by atoms with E-state index in [0.29, 0.717) is 24.2 Å². The number of amides is 4. The summed E-state index contributed by atoms with van der Waals surface area (Å²) in [5.74, 6) is -0.944. The van der Waals surface area contributed by atoms with E-state index in [2.05, 4.69) is 10.3 Å². The normalized spacial score (nSPS) is 21.1. The largest absolute Gasteiger partial charge is 0.351 e. The highest BCUT2D eigenvalue weighted by Gasteiger charge is 2.55. The second-order valence-electron chi connectivity index (χ2n) is 7.78. The Morgan fingerprint density at radius 1 is 1.10 bits per heavy atom. The van der Waals surface area contributed by atoms with Crippen molar-refractivity contribution in [3.8, 4) is 0 Å². The van der Waals surface area contributed by atoms with Crippen LogP contribution in [0.5, 0.6) is 0 Å². The molecule has 1 spiro atoms. The number of hydrogen-bond donors (Lipinski definition) is 2. The maximum absolute atomic E-state index is 13.1. The Hall–Kier alpha value is -3.68. The maximum atomic E-state index is 13.1. The third-order valence-corrected chi connectivity index (χ3v) is 5.82. The van der Waals surface area contributed by atoms with Gasteiger partial charge in [-0.25, -0.2) is 9.18 Å². The summed E-state index contributed by atoms with van der Waals surface area (Å²) in [6.07, 6.45) is 0.351. The number of halogens is 1. The van der Waals surface area contributed by atoms with Gasteiger partial charge in [-0.3, -0.25) is 14.5 Å². The molecule has 5 rings (SSSR count). The van der Waals surface area contributed by atoms with E-state index in [-0.39, 0.29) is 30.7 Å². The van der Waals surface area contributed by atoms with E-state index in [1.165, 1.54) is 12.1 Å². The standard InChI is InChI=1S/C22H19FN4O3/c23-16-7-5-14(6-8-16)12-27-20(29)22(25-21(27)30)9-10-26(13-22)19(28)18-11-15-3-1-2-4-17(15)24-18/h1-8,11,24H,9-10,12-13H2,(H,25,30)/t22-/m1/s1. The molecule has 0 radical (unpaired) electrons. The average Bonchev–Trinajstić information content (AvgIpc) is 3.42. The van der Waals surface area contributed by atoms with Gasteiger partial charge in [0.05, 0.1) is 13.1 Å². The zero-order valence-electron chi connectivity index (χ0n) is 16.0. The number of aromatic nitrogens is 1. The molecule has 4 amide bonds. The molecule has 2 N–H and O–H groups in total. The quantitative estimate of drug-likeness (QED) is 0.656. The zero-order chi connectivity index (χ0) is 20.9. The number of carbonyl (C=O) groups excluding carboxylic acids is 3. The number of urea groups is 1. The third-order valence-electron chi connectivity index (χ3n) is 5.82. The van der Waals surface area contributed by atoms with Crippen LogP contribution < -0.4 is 5.32 Å². The van der Waals surface area contributed by atoms with Crippen LogP contribution in [0.25, 0.3) is 10.9 Å². The molecule has 0 bridgehead atoms. The van der Waals surface area contributed by atoms with E-state index in [1.54, 1.807) is 23.1 Å². The molecule has 3 heterocycles. The smallest absolute Gasteiger partial charge is 0.325 e. The van der Waals surface area contributed by atoms with Crippen LogP contribution in [0.2, 0.25) is 0 Å². The van der Waals surface area contributed by atoms with Gasteiger partial charge in [-0.2, -0.15) is 0 Å². The van der Waals surface area contributed by atoms with Crippen molar-refractivity contribution in [1.82, 2.24) is 20.1 Å². The molecule has 2 saturated heterocycles. The number of carbonyl (C=O) groups is 3. The molecule has 30 heavy (non-hydrogen) atoms. The van der Waals surface area contributed by atoms with E-state index in [0.717, 1.165) is 15.8 Å². The second kappa shape index (κ2) is 6.69. The lowest BCUT2D eigenvalue weighted by Gasteiger charge is -2.22. The average molecular weight is 406 g/mol. The molecule has 0 saturated carbocycles. The van der Waals surface area contributed by atoms with E-state index < -0.39 is 11.6 Å². The summed E-state index contributed by atoms with van der Waals surface area (Å²) in [6.45, 7) is 0.541. The van der Waals surface area contributed by atoms with Crippen molar-refractivity contribution in [2.75, 3.05) is 13.1 Å². The summed E-state index contributed by atoms with van der Waals surface area (Å²) in [7, 11) is 0. The van der Waals surface area contributed by atoms with Gasteiger partial charge in [-0.1, -0.05) is 30.3 Å². The van der Waals surface area contributed by atoms with Crippen molar-refractivity contribution in [2.45, 2.75) is 18.5 Å². The predicted molar refractivity (Wildman–Crippen MR) is 107 cm³/mol. The maximum Gasteiger partial charge on any atom is 0.325 e. The molecule has 2 aromatic carbocycles. The SMILES string of the molecule is O=C(c1cc2ccccc2[nH]1)N1CC[C@]2(C1)NC(=O)N(Cc1ccc(F)cc1)C2=O. The first kappa shape index (κ1) is 18.4. The number of nitrogens with zero attached hydrogens (tertiary/aromatic N) is 2. The van der Waals surface area contributed by atoms with Gasteiger partial charge < -0.3 is 15.2 Å². The van der Waals surface area contributed by atoms with Gasteiger partial charge in [0.15, 0.2) is 0 Å². The van der Waals surface area contributed by atoms with Crippen molar-refractivity contribution in [3.05, 3.63) is 71.7 Å². The Morgan fingerprint density at radius 3 is 2.63 bits per heavy atom. The summed E-state index contributed by atoms with van der Waals surface area (Å²) in [5, 5.41) is 3.72. The van der Waals surface area contributed by atoms with Gasteiger partial charge in [-0.05, 0) is 36.2 Å². The van der Waals surface area contributed by atoms with E-state index in [1.807, 2.05) is 24.3 Å². The van der Waals surface area contributed by atoms with Gasteiger partial charge in [0, 0.05) is 17.4 Å². The van der Waals surface area contributed by atoms with Crippen molar-refractivity contribution >= 4 is 28.7 Å². The fourth-order valence-electron chi connectivity index (χ4n) is 4.21. The van der Waals surface area contributed by atoms with Gasteiger partial charge in [0.25, 0.3) is 11.8 Å². The fraction of sp³-hybridized carbons (Fsp3) is 0.227. The first-order valence-corrected chi connectivity index (χ1v) is 9.71. The monoisotopic (exact) mass is 406 g/mol. The lowest BCUT2D eigenvalue weighted by Crippen LogP contribution is -2.49. The molecule has 152 valence electrons. The van der Waals surface area contributed by atoms with Crippen LogP contribution in [0, 0.1) is 5.82 Å². The lowest BCUT2D eigenvalue weighted by atomic mass is 9.99. The molecule has 2 aliphatic rings. The highest BCUT2D eigenvalue weighted by Crippen LogP contribution is 2.31. The van der Waals surface area contributed by atoms with Crippen LogP contribution in [-0.2, 0) is 11.3 Å². The first-order chi connectivity index (χ1) is 14.4. The topological polar surface area (TPSA) is 85.5 Å². The molecule has 2 fully saturated rings. The van der Waals surface area contributed by atoms with Crippen molar-refractivity contribution in [3.63, 3.8) is 0 Å². The Labute approximate surface area is 171 Å². The Morgan fingerprint density at radius 2 is 1.87 bits per heavy atom.